The standard InChI is InChI=1S/C14H30N4O2/c1-4-18(9-10-19)14(20)15-11-13(2)12-17-7-5-16(3)6-8-17/h13,19H,4-12H2,1-3H3,(H,15,20). The molecule has 0 aromatic rings. The topological polar surface area (TPSA) is 59.1 Å². The molecule has 1 atom stereocenters. The maximum atomic E-state index is 11.9. The minimum atomic E-state index is -0.0771. The lowest BCUT2D eigenvalue weighted by Crippen LogP contribution is -2.48. The number of likely N-dealkylation sites (N-methyl/N-ethyl adjacent to an activating group) is 2. The Morgan fingerprint density at radius 3 is 2.55 bits per heavy atom. The third-order valence-corrected chi connectivity index (χ3v) is 3.81. The summed E-state index contributed by atoms with van der Waals surface area (Å²) in [5, 5.41) is 11.9. The van der Waals surface area contributed by atoms with E-state index in [-0.39, 0.29) is 12.6 Å². The van der Waals surface area contributed by atoms with Gasteiger partial charge in [0, 0.05) is 52.4 Å². The summed E-state index contributed by atoms with van der Waals surface area (Å²) in [6, 6.07) is -0.0771. The minimum absolute atomic E-state index is 0.0120. The summed E-state index contributed by atoms with van der Waals surface area (Å²) in [4.78, 5) is 18.3. The van der Waals surface area contributed by atoms with Gasteiger partial charge in [0.2, 0.25) is 0 Å². The first-order chi connectivity index (χ1) is 9.56. The van der Waals surface area contributed by atoms with Crippen molar-refractivity contribution in [2.24, 2.45) is 5.92 Å². The molecule has 2 N–H and O–H groups in total. The van der Waals surface area contributed by atoms with Crippen molar-refractivity contribution in [3.05, 3.63) is 0 Å². The molecule has 0 aromatic heterocycles. The molecule has 6 heteroatoms. The Balaban J connectivity index is 2.21. The van der Waals surface area contributed by atoms with E-state index in [4.69, 9.17) is 5.11 Å². The maximum Gasteiger partial charge on any atom is 0.317 e. The lowest BCUT2D eigenvalue weighted by Gasteiger charge is -2.34. The number of urea groups is 1. The second kappa shape index (κ2) is 9.15. The minimum Gasteiger partial charge on any atom is -0.395 e. The molecule has 0 aliphatic carbocycles. The van der Waals surface area contributed by atoms with Crippen molar-refractivity contribution in [1.29, 1.82) is 0 Å². The fourth-order valence-corrected chi connectivity index (χ4v) is 2.43. The number of nitrogens with one attached hydrogen (secondary N) is 1. The van der Waals surface area contributed by atoms with Crippen LogP contribution in [0.2, 0.25) is 0 Å². The molecule has 0 saturated carbocycles. The number of hydrogen-bond donors (Lipinski definition) is 2. The molecule has 1 aliphatic rings. The average Bonchev–Trinajstić information content (AvgIpc) is 2.44. The van der Waals surface area contributed by atoms with E-state index in [1.54, 1.807) is 4.90 Å². The highest BCUT2D eigenvalue weighted by Gasteiger charge is 2.17. The Hall–Kier alpha value is -0.850. The normalized spacial score (nSPS) is 18.8. The van der Waals surface area contributed by atoms with Crippen molar-refractivity contribution in [3.63, 3.8) is 0 Å². The molecule has 2 amide bonds. The van der Waals surface area contributed by atoms with Crippen LogP contribution in [0.4, 0.5) is 4.79 Å². The van der Waals surface area contributed by atoms with E-state index in [2.05, 4.69) is 29.1 Å². The Morgan fingerprint density at radius 2 is 2.00 bits per heavy atom. The Morgan fingerprint density at radius 1 is 1.35 bits per heavy atom. The smallest absolute Gasteiger partial charge is 0.317 e. The van der Waals surface area contributed by atoms with Gasteiger partial charge in [-0.1, -0.05) is 6.92 Å². The van der Waals surface area contributed by atoms with Crippen LogP contribution < -0.4 is 5.32 Å². The van der Waals surface area contributed by atoms with Gasteiger partial charge >= 0.3 is 6.03 Å². The highest BCUT2D eigenvalue weighted by Crippen LogP contribution is 2.04. The van der Waals surface area contributed by atoms with E-state index in [1.807, 2.05) is 6.92 Å². The summed E-state index contributed by atoms with van der Waals surface area (Å²) in [7, 11) is 2.15. The Labute approximate surface area is 122 Å². The molecule has 1 aliphatic heterocycles. The maximum absolute atomic E-state index is 11.9. The van der Waals surface area contributed by atoms with Gasteiger partial charge < -0.3 is 25.1 Å². The molecule has 1 fully saturated rings. The van der Waals surface area contributed by atoms with E-state index in [0.29, 0.717) is 25.6 Å². The van der Waals surface area contributed by atoms with Crippen molar-refractivity contribution in [2.45, 2.75) is 13.8 Å². The van der Waals surface area contributed by atoms with Gasteiger partial charge in [-0.05, 0) is 19.9 Å². The van der Waals surface area contributed by atoms with Crippen molar-refractivity contribution in [1.82, 2.24) is 20.0 Å². The van der Waals surface area contributed by atoms with Crippen LogP contribution in [0, 0.1) is 5.92 Å². The molecule has 1 rings (SSSR count). The quantitative estimate of drug-likeness (QED) is 0.686. The summed E-state index contributed by atoms with van der Waals surface area (Å²) in [6.07, 6.45) is 0. The van der Waals surface area contributed by atoms with Crippen LogP contribution in [0.25, 0.3) is 0 Å². The van der Waals surface area contributed by atoms with Crippen LogP contribution in [0.5, 0.6) is 0 Å². The van der Waals surface area contributed by atoms with E-state index in [0.717, 1.165) is 32.7 Å². The second-order valence-electron chi connectivity index (χ2n) is 5.70. The SMILES string of the molecule is CCN(CCO)C(=O)NCC(C)CN1CCN(C)CC1. The van der Waals surface area contributed by atoms with Gasteiger partial charge in [-0.25, -0.2) is 4.79 Å². The predicted octanol–water partition coefficient (Wildman–Crippen LogP) is -0.106. The largest absolute Gasteiger partial charge is 0.395 e. The molecule has 6 nitrogen and oxygen atoms in total. The number of piperazine rings is 1. The molecule has 0 radical (unpaired) electrons. The number of aliphatic hydroxyl groups excluding tert-OH is 1. The highest BCUT2D eigenvalue weighted by atomic mass is 16.3. The lowest BCUT2D eigenvalue weighted by molar-refractivity contribution is 0.137. The van der Waals surface area contributed by atoms with Crippen LogP contribution in [-0.2, 0) is 0 Å². The lowest BCUT2D eigenvalue weighted by atomic mass is 10.1. The fraction of sp³-hybridized carbons (Fsp3) is 0.929. The average molecular weight is 286 g/mol. The van der Waals surface area contributed by atoms with E-state index < -0.39 is 0 Å². The summed E-state index contributed by atoms with van der Waals surface area (Å²) in [5.41, 5.74) is 0. The van der Waals surface area contributed by atoms with Crippen molar-refractivity contribution < 1.29 is 9.90 Å². The van der Waals surface area contributed by atoms with Crippen LogP contribution >= 0.6 is 0 Å². The molecule has 0 spiro atoms. The Bertz CT molecular complexity index is 280. The number of aliphatic hydroxyl groups is 1. The van der Waals surface area contributed by atoms with Crippen LogP contribution in [0.15, 0.2) is 0 Å². The van der Waals surface area contributed by atoms with Crippen LogP contribution in [0.3, 0.4) is 0 Å². The number of carbonyl (C=O) groups excluding carboxylic acids is 1. The van der Waals surface area contributed by atoms with Gasteiger partial charge in [0.15, 0.2) is 0 Å². The van der Waals surface area contributed by atoms with Gasteiger partial charge in [0.1, 0.15) is 0 Å². The summed E-state index contributed by atoms with van der Waals surface area (Å²) >= 11 is 0. The van der Waals surface area contributed by atoms with Gasteiger partial charge in [-0.2, -0.15) is 0 Å². The number of carbonyl (C=O) groups is 1. The van der Waals surface area contributed by atoms with Crippen molar-refractivity contribution >= 4 is 6.03 Å². The first-order valence-corrected chi connectivity index (χ1v) is 7.61. The third kappa shape index (κ3) is 6.07. The predicted molar refractivity (Wildman–Crippen MR) is 80.8 cm³/mol. The molecule has 1 saturated heterocycles. The van der Waals surface area contributed by atoms with E-state index in [9.17, 15) is 4.79 Å². The summed E-state index contributed by atoms with van der Waals surface area (Å²) in [6.45, 7) is 11.3. The second-order valence-corrected chi connectivity index (χ2v) is 5.70. The van der Waals surface area contributed by atoms with Gasteiger partial charge in [0.25, 0.3) is 0 Å². The summed E-state index contributed by atoms with van der Waals surface area (Å²) in [5.74, 6) is 0.440. The zero-order valence-corrected chi connectivity index (χ0v) is 13.1. The third-order valence-electron chi connectivity index (χ3n) is 3.81. The molecular weight excluding hydrogens is 256 g/mol. The molecule has 20 heavy (non-hydrogen) atoms. The molecule has 118 valence electrons. The highest BCUT2D eigenvalue weighted by molar-refractivity contribution is 5.74. The molecular formula is C14H30N4O2. The zero-order chi connectivity index (χ0) is 15.0. The van der Waals surface area contributed by atoms with Crippen molar-refractivity contribution in [3.8, 4) is 0 Å². The summed E-state index contributed by atoms with van der Waals surface area (Å²) < 4.78 is 0. The number of amides is 2. The zero-order valence-electron chi connectivity index (χ0n) is 13.1. The van der Waals surface area contributed by atoms with Gasteiger partial charge in [-0.15, -0.1) is 0 Å². The first-order valence-electron chi connectivity index (χ1n) is 7.61. The van der Waals surface area contributed by atoms with Crippen LogP contribution in [0.1, 0.15) is 13.8 Å². The number of hydrogen-bond acceptors (Lipinski definition) is 4. The molecule has 0 aromatic carbocycles. The molecule has 1 heterocycles. The molecule has 1 unspecified atom stereocenters. The number of rotatable bonds is 7. The first kappa shape index (κ1) is 17.2. The number of nitrogens with zero attached hydrogens (tertiary/aromatic N) is 3. The fourth-order valence-electron chi connectivity index (χ4n) is 2.43. The van der Waals surface area contributed by atoms with Crippen molar-refractivity contribution in [2.75, 3.05) is 66.0 Å². The van der Waals surface area contributed by atoms with E-state index in [1.165, 1.54) is 0 Å². The van der Waals surface area contributed by atoms with Gasteiger partial charge in [0.05, 0.1) is 6.61 Å². The van der Waals surface area contributed by atoms with Gasteiger partial charge in [-0.3, -0.25) is 0 Å². The molecule has 0 bridgehead atoms. The van der Waals surface area contributed by atoms with Crippen LogP contribution in [-0.4, -0.2) is 91.8 Å². The monoisotopic (exact) mass is 286 g/mol. The van der Waals surface area contributed by atoms with E-state index >= 15 is 0 Å². The Kier molecular flexibility index (Phi) is 7.87.